The summed E-state index contributed by atoms with van der Waals surface area (Å²) in [6.45, 7) is 1.67. The molecule has 0 radical (unpaired) electrons. The van der Waals surface area contributed by atoms with Crippen LogP contribution in [0.4, 0.5) is 0 Å². The third kappa shape index (κ3) is 9.43. The molecule has 1 fully saturated rings. The van der Waals surface area contributed by atoms with Crippen molar-refractivity contribution in [3.05, 3.63) is 36.2 Å². The minimum Gasteiger partial charge on any atom is -0.504 e. The van der Waals surface area contributed by atoms with Crippen LogP contribution < -0.4 is 21.1 Å². The first kappa shape index (κ1) is 27.4. The van der Waals surface area contributed by atoms with Gasteiger partial charge in [0, 0.05) is 44.9 Å². The molecule has 9 nitrogen and oxygen atoms in total. The first-order valence-electron chi connectivity index (χ1n) is 13.1. The van der Waals surface area contributed by atoms with E-state index in [4.69, 9.17) is 10.5 Å². The molecule has 0 bridgehead atoms. The van der Waals surface area contributed by atoms with Gasteiger partial charge in [0.25, 0.3) is 0 Å². The quantitative estimate of drug-likeness (QED) is 0.165. The fraction of sp³-hybridized carbons (Fsp3) is 0.593. The summed E-state index contributed by atoms with van der Waals surface area (Å²) in [5.41, 5.74) is 6.78. The monoisotopic (exact) mass is 499 g/mol. The minimum atomic E-state index is -0.0586. The number of phenols is 1. The average molecular weight is 500 g/mol. The number of nitrogens with one attached hydrogen (secondary N) is 2. The van der Waals surface area contributed by atoms with Gasteiger partial charge in [0.15, 0.2) is 17.5 Å². The first-order chi connectivity index (χ1) is 17.4. The number of aliphatic imine (C=N–C) groups is 1. The molecule has 2 aliphatic rings. The smallest absolute Gasteiger partial charge is 0.188 e. The Morgan fingerprint density at radius 1 is 1.25 bits per heavy atom. The van der Waals surface area contributed by atoms with Crippen molar-refractivity contribution in [3.8, 4) is 11.5 Å². The molecule has 1 aliphatic heterocycles. The van der Waals surface area contributed by atoms with Crippen molar-refractivity contribution in [2.45, 2.75) is 82.8 Å². The number of Topliss-reactive ketones (excluding diaryl/α,β-unsaturated/α-hetero) is 2. The molecule has 0 aromatic heterocycles. The SMILES string of the molecule is CN=C(N)NC(CCCC(=O)CC(=O)CCc1ccc(O)c(OC2CCCC2)c1)CCN1C=CNC1. The van der Waals surface area contributed by atoms with Crippen LogP contribution in [-0.2, 0) is 16.0 Å². The fourth-order valence-corrected chi connectivity index (χ4v) is 4.64. The molecular weight excluding hydrogens is 458 g/mol. The van der Waals surface area contributed by atoms with E-state index in [1.807, 2.05) is 18.5 Å². The van der Waals surface area contributed by atoms with Gasteiger partial charge in [0.2, 0.25) is 0 Å². The van der Waals surface area contributed by atoms with E-state index in [0.717, 1.165) is 57.3 Å². The van der Waals surface area contributed by atoms with Gasteiger partial charge in [-0.05, 0) is 69.1 Å². The maximum Gasteiger partial charge on any atom is 0.188 e. The van der Waals surface area contributed by atoms with E-state index in [0.29, 0.717) is 37.4 Å². The van der Waals surface area contributed by atoms with Crippen molar-refractivity contribution in [1.29, 1.82) is 0 Å². The Labute approximate surface area is 214 Å². The van der Waals surface area contributed by atoms with E-state index in [-0.39, 0.29) is 35.9 Å². The molecule has 0 spiro atoms. The third-order valence-electron chi connectivity index (χ3n) is 6.77. The molecule has 5 N–H and O–H groups in total. The Balaban J connectivity index is 1.37. The molecule has 1 aromatic carbocycles. The predicted molar refractivity (Wildman–Crippen MR) is 141 cm³/mol. The van der Waals surface area contributed by atoms with Gasteiger partial charge in [-0.25, -0.2) is 0 Å². The zero-order valence-electron chi connectivity index (χ0n) is 21.4. The van der Waals surface area contributed by atoms with E-state index in [9.17, 15) is 14.7 Å². The number of ether oxygens (including phenoxy) is 1. The number of benzene rings is 1. The van der Waals surface area contributed by atoms with E-state index < -0.39 is 0 Å². The number of nitrogens with zero attached hydrogens (tertiary/aromatic N) is 2. The summed E-state index contributed by atoms with van der Waals surface area (Å²) in [5, 5.41) is 16.5. The van der Waals surface area contributed by atoms with Crippen LogP contribution in [0.5, 0.6) is 11.5 Å². The van der Waals surface area contributed by atoms with Gasteiger partial charge in [-0.15, -0.1) is 0 Å². The van der Waals surface area contributed by atoms with Gasteiger partial charge < -0.3 is 31.1 Å². The third-order valence-corrected chi connectivity index (χ3v) is 6.77. The van der Waals surface area contributed by atoms with Gasteiger partial charge in [-0.1, -0.05) is 6.07 Å². The highest BCUT2D eigenvalue weighted by molar-refractivity contribution is 5.99. The number of nitrogens with two attached hydrogens (primary N) is 1. The van der Waals surface area contributed by atoms with E-state index >= 15 is 0 Å². The summed E-state index contributed by atoms with van der Waals surface area (Å²) < 4.78 is 5.94. The Morgan fingerprint density at radius 2 is 2.03 bits per heavy atom. The lowest BCUT2D eigenvalue weighted by Crippen LogP contribution is -2.41. The maximum absolute atomic E-state index is 12.4. The second kappa shape index (κ2) is 14.4. The highest BCUT2D eigenvalue weighted by Crippen LogP contribution is 2.32. The van der Waals surface area contributed by atoms with Gasteiger partial charge in [0.05, 0.1) is 19.2 Å². The lowest BCUT2D eigenvalue weighted by molar-refractivity contribution is -0.127. The molecular formula is C27H41N5O4. The Morgan fingerprint density at radius 3 is 2.75 bits per heavy atom. The van der Waals surface area contributed by atoms with Crippen molar-refractivity contribution in [1.82, 2.24) is 15.5 Å². The highest BCUT2D eigenvalue weighted by Gasteiger charge is 2.19. The van der Waals surface area contributed by atoms with E-state index in [1.165, 1.54) is 0 Å². The second-order valence-corrected chi connectivity index (χ2v) is 9.70. The van der Waals surface area contributed by atoms with E-state index in [2.05, 4.69) is 20.5 Å². The summed E-state index contributed by atoms with van der Waals surface area (Å²) in [7, 11) is 1.64. The molecule has 3 rings (SSSR count). The highest BCUT2D eigenvalue weighted by atomic mass is 16.5. The van der Waals surface area contributed by atoms with Gasteiger partial charge in [-0.3, -0.25) is 14.6 Å². The summed E-state index contributed by atoms with van der Waals surface area (Å²) in [6, 6.07) is 5.35. The molecule has 1 saturated carbocycles. The van der Waals surface area contributed by atoms with Crippen molar-refractivity contribution in [2.75, 3.05) is 20.3 Å². The zero-order chi connectivity index (χ0) is 25.8. The Kier molecular flexibility index (Phi) is 10.9. The van der Waals surface area contributed by atoms with Crippen LogP contribution in [-0.4, -0.2) is 59.9 Å². The van der Waals surface area contributed by atoms with Crippen LogP contribution in [0, 0.1) is 0 Å². The summed E-state index contributed by atoms with van der Waals surface area (Å²) in [6.07, 6.45) is 11.9. The molecule has 36 heavy (non-hydrogen) atoms. The van der Waals surface area contributed by atoms with Crippen LogP contribution >= 0.6 is 0 Å². The normalized spacial score (nSPS) is 16.7. The molecule has 1 heterocycles. The largest absolute Gasteiger partial charge is 0.504 e. The number of carbonyl (C=O) groups is 2. The Bertz CT molecular complexity index is 927. The van der Waals surface area contributed by atoms with Crippen LogP contribution in [0.3, 0.4) is 0 Å². The number of aryl methyl sites for hydroxylation is 1. The standard InChI is InChI=1S/C27H41N5O4/c1-29-27(28)31-21(13-15-32-16-14-30-19-32)5-4-6-22(33)18-23(34)11-9-20-10-12-25(35)26(17-20)36-24-7-2-3-8-24/h10,12,14,16-17,21,24,30,35H,2-9,11,13,15,18-19H2,1H3,(H3,28,29,31). The predicted octanol–water partition coefficient (Wildman–Crippen LogP) is 2.97. The molecule has 0 amide bonds. The minimum absolute atomic E-state index is 0.0291. The molecule has 9 heteroatoms. The number of hydrogen-bond acceptors (Lipinski definition) is 7. The molecule has 1 unspecified atom stereocenters. The van der Waals surface area contributed by atoms with Crippen molar-refractivity contribution < 1.29 is 19.4 Å². The molecule has 198 valence electrons. The average Bonchev–Trinajstić information content (AvgIpc) is 3.57. The number of aromatic hydroxyl groups is 1. The fourth-order valence-electron chi connectivity index (χ4n) is 4.64. The number of guanidine groups is 1. The molecule has 0 saturated heterocycles. The van der Waals surface area contributed by atoms with Gasteiger partial charge in [0.1, 0.15) is 11.6 Å². The molecule has 1 atom stereocenters. The number of hydrogen-bond donors (Lipinski definition) is 4. The van der Waals surface area contributed by atoms with Crippen molar-refractivity contribution in [3.63, 3.8) is 0 Å². The Hall–Kier alpha value is -3.23. The van der Waals surface area contributed by atoms with Gasteiger partial charge >= 0.3 is 0 Å². The van der Waals surface area contributed by atoms with Crippen LogP contribution in [0.15, 0.2) is 35.6 Å². The summed E-state index contributed by atoms with van der Waals surface area (Å²) in [4.78, 5) is 31.0. The lowest BCUT2D eigenvalue weighted by Gasteiger charge is -2.22. The number of phenolic OH excluding ortho intramolecular Hbond substituents is 1. The molecule has 1 aromatic rings. The zero-order valence-corrected chi connectivity index (χ0v) is 21.4. The summed E-state index contributed by atoms with van der Waals surface area (Å²) >= 11 is 0. The maximum atomic E-state index is 12.4. The lowest BCUT2D eigenvalue weighted by atomic mass is 10.0. The number of rotatable bonds is 15. The van der Waals surface area contributed by atoms with E-state index in [1.54, 1.807) is 19.2 Å². The first-order valence-corrected chi connectivity index (χ1v) is 13.1. The van der Waals surface area contributed by atoms with Crippen LogP contribution in [0.1, 0.15) is 69.8 Å². The van der Waals surface area contributed by atoms with Crippen molar-refractivity contribution in [2.24, 2.45) is 10.7 Å². The topological polar surface area (TPSA) is 129 Å². The second-order valence-electron chi connectivity index (χ2n) is 9.70. The van der Waals surface area contributed by atoms with Crippen LogP contribution in [0.2, 0.25) is 0 Å². The molecule has 1 aliphatic carbocycles. The van der Waals surface area contributed by atoms with Crippen molar-refractivity contribution >= 4 is 17.5 Å². The summed E-state index contributed by atoms with van der Waals surface area (Å²) in [5.74, 6) is 0.912. The van der Waals surface area contributed by atoms with Gasteiger partial charge in [-0.2, -0.15) is 0 Å². The number of carbonyl (C=O) groups excluding carboxylic acids is 2. The van der Waals surface area contributed by atoms with Crippen LogP contribution in [0.25, 0.3) is 0 Å². The number of ketones is 2.